The molecule has 1 N–H and O–H groups in total. The molecular formula is C16H31NO3. The first-order valence-corrected chi connectivity index (χ1v) is 7.29. The van der Waals surface area contributed by atoms with E-state index in [2.05, 4.69) is 5.32 Å². The van der Waals surface area contributed by atoms with Gasteiger partial charge in [-0.3, -0.25) is 9.59 Å². The predicted molar refractivity (Wildman–Crippen MR) is 81.5 cm³/mol. The third-order valence-electron chi connectivity index (χ3n) is 3.04. The van der Waals surface area contributed by atoms with Crippen molar-refractivity contribution in [3.63, 3.8) is 0 Å². The Morgan fingerprint density at radius 3 is 1.90 bits per heavy atom. The van der Waals surface area contributed by atoms with Crippen LogP contribution in [0.15, 0.2) is 0 Å². The summed E-state index contributed by atoms with van der Waals surface area (Å²) in [6, 6.07) is 0. The lowest BCUT2D eigenvalue weighted by Crippen LogP contribution is -2.41. The van der Waals surface area contributed by atoms with Crippen LogP contribution in [0.25, 0.3) is 0 Å². The van der Waals surface area contributed by atoms with E-state index in [0.717, 1.165) is 0 Å². The van der Waals surface area contributed by atoms with Gasteiger partial charge in [-0.1, -0.05) is 34.6 Å². The summed E-state index contributed by atoms with van der Waals surface area (Å²) in [4.78, 5) is 24.1. The summed E-state index contributed by atoms with van der Waals surface area (Å²) in [5, 5.41) is 2.80. The van der Waals surface area contributed by atoms with E-state index in [0.29, 0.717) is 6.54 Å². The van der Waals surface area contributed by atoms with Crippen molar-refractivity contribution >= 4 is 11.7 Å². The van der Waals surface area contributed by atoms with E-state index < -0.39 is 0 Å². The number of nitrogens with one attached hydrogen (secondary N) is 1. The standard InChI is InChI=1S/C16H31NO3/c1-11(2)12(14(19)15(3,4)5)9-17-13(18)10-20-16(6,7)8/h11-12H,9-10H2,1-8H3,(H,17,18)/t12-/m0/s1. The molecule has 0 fully saturated rings. The van der Waals surface area contributed by atoms with Gasteiger partial charge in [0.25, 0.3) is 0 Å². The zero-order chi connectivity index (χ0) is 16.1. The van der Waals surface area contributed by atoms with Crippen LogP contribution in [-0.2, 0) is 14.3 Å². The van der Waals surface area contributed by atoms with Gasteiger partial charge in [-0.25, -0.2) is 0 Å². The Morgan fingerprint density at radius 2 is 1.55 bits per heavy atom. The highest BCUT2D eigenvalue weighted by molar-refractivity contribution is 5.87. The lowest BCUT2D eigenvalue weighted by molar-refractivity contribution is -0.133. The van der Waals surface area contributed by atoms with Crippen LogP contribution in [0.4, 0.5) is 0 Å². The fourth-order valence-corrected chi connectivity index (χ4v) is 1.74. The molecule has 0 radical (unpaired) electrons. The van der Waals surface area contributed by atoms with Crippen LogP contribution in [-0.4, -0.2) is 30.4 Å². The van der Waals surface area contributed by atoms with E-state index >= 15 is 0 Å². The van der Waals surface area contributed by atoms with Gasteiger partial charge in [0.2, 0.25) is 5.91 Å². The van der Waals surface area contributed by atoms with Crippen LogP contribution in [0.3, 0.4) is 0 Å². The molecule has 0 aliphatic carbocycles. The quantitative estimate of drug-likeness (QED) is 0.816. The van der Waals surface area contributed by atoms with Gasteiger partial charge >= 0.3 is 0 Å². The molecule has 0 aromatic heterocycles. The second-order valence-corrected chi connectivity index (χ2v) is 7.67. The fourth-order valence-electron chi connectivity index (χ4n) is 1.74. The molecule has 0 unspecified atom stereocenters. The summed E-state index contributed by atoms with van der Waals surface area (Å²) in [6.45, 7) is 15.9. The lowest BCUT2D eigenvalue weighted by Gasteiger charge is -2.27. The third kappa shape index (κ3) is 7.63. The Hall–Kier alpha value is -0.900. The van der Waals surface area contributed by atoms with Gasteiger partial charge in [-0.2, -0.15) is 0 Å². The van der Waals surface area contributed by atoms with E-state index in [9.17, 15) is 9.59 Å². The molecule has 1 atom stereocenters. The summed E-state index contributed by atoms with van der Waals surface area (Å²) in [7, 11) is 0. The topological polar surface area (TPSA) is 55.4 Å². The molecule has 0 aromatic carbocycles. The van der Waals surface area contributed by atoms with E-state index in [1.54, 1.807) is 0 Å². The first kappa shape index (κ1) is 19.1. The molecule has 20 heavy (non-hydrogen) atoms. The molecule has 0 saturated heterocycles. The Balaban J connectivity index is 4.43. The van der Waals surface area contributed by atoms with Gasteiger partial charge in [0.15, 0.2) is 0 Å². The first-order valence-electron chi connectivity index (χ1n) is 7.29. The maximum Gasteiger partial charge on any atom is 0.246 e. The molecule has 0 saturated carbocycles. The van der Waals surface area contributed by atoms with Crippen molar-refractivity contribution in [3.8, 4) is 0 Å². The highest BCUT2D eigenvalue weighted by atomic mass is 16.5. The van der Waals surface area contributed by atoms with Gasteiger partial charge in [0.05, 0.1) is 5.60 Å². The molecule has 0 spiro atoms. The average Bonchev–Trinajstić information content (AvgIpc) is 2.23. The maximum absolute atomic E-state index is 12.4. The monoisotopic (exact) mass is 285 g/mol. The minimum atomic E-state index is -0.387. The number of Topliss-reactive ketones (excluding diaryl/α,β-unsaturated/α-hetero) is 1. The van der Waals surface area contributed by atoms with Crippen molar-refractivity contribution in [1.29, 1.82) is 0 Å². The zero-order valence-electron chi connectivity index (χ0n) is 14.3. The molecule has 0 aliphatic rings. The number of amides is 1. The minimum absolute atomic E-state index is 0.0258. The van der Waals surface area contributed by atoms with Crippen LogP contribution in [0.5, 0.6) is 0 Å². The van der Waals surface area contributed by atoms with Crippen molar-refractivity contribution in [3.05, 3.63) is 0 Å². The Kier molecular flexibility index (Phi) is 6.88. The summed E-state index contributed by atoms with van der Waals surface area (Å²) in [5.41, 5.74) is -0.725. The Labute approximate surface area is 123 Å². The fraction of sp³-hybridized carbons (Fsp3) is 0.875. The largest absolute Gasteiger partial charge is 0.366 e. The normalized spacial score (nSPS) is 14.2. The highest BCUT2D eigenvalue weighted by Crippen LogP contribution is 2.24. The second-order valence-electron chi connectivity index (χ2n) is 7.67. The first-order chi connectivity index (χ1) is 8.84. The number of carbonyl (C=O) groups excluding carboxylic acids is 2. The third-order valence-corrected chi connectivity index (χ3v) is 3.04. The molecule has 0 rings (SSSR count). The number of ketones is 1. The number of rotatable bonds is 6. The summed E-state index contributed by atoms with van der Waals surface area (Å²) in [6.07, 6.45) is 0. The SMILES string of the molecule is CC(C)[C@H](CNC(=O)COC(C)(C)C)C(=O)C(C)(C)C. The molecule has 0 aromatic rings. The van der Waals surface area contributed by atoms with Gasteiger partial charge in [0.1, 0.15) is 12.4 Å². The highest BCUT2D eigenvalue weighted by Gasteiger charge is 2.31. The molecule has 0 heterocycles. The molecule has 4 nitrogen and oxygen atoms in total. The van der Waals surface area contributed by atoms with Crippen molar-refractivity contribution in [2.45, 2.75) is 61.0 Å². The average molecular weight is 285 g/mol. The Morgan fingerprint density at radius 1 is 1.05 bits per heavy atom. The van der Waals surface area contributed by atoms with Gasteiger partial charge in [-0.15, -0.1) is 0 Å². The molecular weight excluding hydrogens is 254 g/mol. The smallest absolute Gasteiger partial charge is 0.246 e. The van der Waals surface area contributed by atoms with Crippen LogP contribution < -0.4 is 5.32 Å². The van der Waals surface area contributed by atoms with Crippen LogP contribution >= 0.6 is 0 Å². The number of hydrogen-bond acceptors (Lipinski definition) is 3. The molecule has 0 aliphatic heterocycles. The lowest BCUT2D eigenvalue weighted by atomic mass is 9.78. The maximum atomic E-state index is 12.4. The molecule has 1 amide bonds. The Bertz CT molecular complexity index is 335. The summed E-state index contributed by atoms with van der Waals surface area (Å²) in [5.74, 6) is 0.0518. The van der Waals surface area contributed by atoms with Gasteiger partial charge < -0.3 is 10.1 Å². The van der Waals surface area contributed by atoms with Crippen molar-refractivity contribution in [1.82, 2.24) is 5.32 Å². The van der Waals surface area contributed by atoms with E-state index in [4.69, 9.17) is 4.74 Å². The number of carbonyl (C=O) groups is 2. The number of hydrogen-bond donors (Lipinski definition) is 1. The van der Waals surface area contributed by atoms with Crippen molar-refractivity contribution < 1.29 is 14.3 Å². The van der Waals surface area contributed by atoms with Gasteiger partial charge in [0, 0.05) is 17.9 Å². The van der Waals surface area contributed by atoms with E-state index in [1.807, 2.05) is 55.4 Å². The van der Waals surface area contributed by atoms with Crippen LogP contribution in [0, 0.1) is 17.3 Å². The minimum Gasteiger partial charge on any atom is -0.366 e. The molecule has 0 bridgehead atoms. The van der Waals surface area contributed by atoms with Crippen LogP contribution in [0.2, 0.25) is 0 Å². The zero-order valence-corrected chi connectivity index (χ0v) is 14.3. The number of ether oxygens (including phenoxy) is 1. The van der Waals surface area contributed by atoms with E-state index in [1.165, 1.54) is 0 Å². The van der Waals surface area contributed by atoms with Crippen molar-refractivity contribution in [2.24, 2.45) is 17.3 Å². The van der Waals surface area contributed by atoms with E-state index in [-0.39, 0.29) is 41.1 Å². The molecule has 118 valence electrons. The second kappa shape index (κ2) is 7.21. The predicted octanol–water partition coefficient (Wildman–Crippen LogP) is 2.81. The van der Waals surface area contributed by atoms with Gasteiger partial charge in [-0.05, 0) is 26.7 Å². The summed E-state index contributed by atoms with van der Waals surface area (Å²) >= 11 is 0. The van der Waals surface area contributed by atoms with Crippen LogP contribution in [0.1, 0.15) is 55.4 Å². The molecule has 4 heteroatoms. The summed E-state index contributed by atoms with van der Waals surface area (Å²) < 4.78 is 5.41. The van der Waals surface area contributed by atoms with Crippen molar-refractivity contribution in [2.75, 3.05) is 13.2 Å².